The summed E-state index contributed by atoms with van der Waals surface area (Å²) in [4.78, 5) is 0. The topological polar surface area (TPSA) is 21.3 Å². The number of rotatable bonds is 7. The lowest BCUT2D eigenvalue weighted by Gasteiger charge is -2.09. The molecule has 1 N–H and O–H groups in total. The fraction of sp³-hybridized carbons (Fsp3) is 0.538. The highest BCUT2D eigenvalue weighted by molar-refractivity contribution is 9.10. The van der Waals surface area contributed by atoms with Gasteiger partial charge in [0.25, 0.3) is 0 Å². The van der Waals surface area contributed by atoms with E-state index in [9.17, 15) is 0 Å². The zero-order chi connectivity index (χ0) is 11.8. The summed E-state index contributed by atoms with van der Waals surface area (Å²) >= 11 is 3.45. The SMILES string of the molecule is CNCCCCCOc1cc(Br)ccc1C. The van der Waals surface area contributed by atoms with Crippen molar-refractivity contribution in [3.05, 3.63) is 28.2 Å². The molecule has 0 saturated heterocycles. The molecule has 0 atom stereocenters. The number of nitrogens with one attached hydrogen (secondary N) is 1. The third kappa shape index (κ3) is 4.99. The lowest BCUT2D eigenvalue weighted by molar-refractivity contribution is 0.303. The standard InChI is InChI=1S/C13H20BrNO/c1-11-6-7-12(14)10-13(11)16-9-5-3-4-8-15-2/h6-7,10,15H,3-5,8-9H2,1-2H3. The largest absolute Gasteiger partial charge is 0.493 e. The third-order valence-corrected chi connectivity index (χ3v) is 2.97. The van der Waals surface area contributed by atoms with E-state index in [0.29, 0.717) is 0 Å². The van der Waals surface area contributed by atoms with Crippen molar-refractivity contribution in [3.8, 4) is 5.75 Å². The summed E-state index contributed by atoms with van der Waals surface area (Å²) in [6, 6.07) is 6.14. The van der Waals surface area contributed by atoms with E-state index in [2.05, 4.69) is 34.2 Å². The summed E-state index contributed by atoms with van der Waals surface area (Å²) in [6.45, 7) is 3.97. The molecule has 0 fully saturated rings. The predicted octanol–water partition coefficient (Wildman–Crippen LogP) is 3.53. The molecular weight excluding hydrogens is 266 g/mol. The van der Waals surface area contributed by atoms with Crippen molar-refractivity contribution < 1.29 is 4.74 Å². The second-order valence-corrected chi connectivity index (χ2v) is 4.84. The lowest BCUT2D eigenvalue weighted by Crippen LogP contribution is -2.08. The maximum absolute atomic E-state index is 5.75. The van der Waals surface area contributed by atoms with Gasteiger partial charge in [0, 0.05) is 4.47 Å². The lowest BCUT2D eigenvalue weighted by atomic mass is 10.2. The van der Waals surface area contributed by atoms with E-state index in [1.807, 2.05) is 19.2 Å². The van der Waals surface area contributed by atoms with Crippen molar-refractivity contribution in [2.45, 2.75) is 26.2 Å². The van der Waals surface area contributed by atoms with Gasteiger partial charge in [-0.05, 0) is 57.5 Å². The molecule has 90 valence electrons. The van der Waals surface area contributed by atoms with Crippen LogP contribution in [0.5, 0.6) is 5.75 Å². The Hall–Kier alpha value is -0.540. The normalized spacial score (nSPS) is 10.4. The Morgan fingerprint density at radius 3 is 2.81 bits per heavy atom. The molecule has 3 heteroatoms. The number of hydrogen-bond acceptors (Lipinski definition) is 2. The van der Waals surface area contributed by atoms with Crippen LogP contribution in [0.3, 0.4) is 0 Å². The smallest absolute Gasteiger partial charge is 0.123 e. The zero-order valence-electron chi connectivity index (χ0n) is 10.1. The van der Waals surface area contributed by atoms with Gasteiger partial charge in [0.05, 0.1) is 6.61 Å². The molecule has 0 aliphatic rings. The second kappa shape index (κ2) is 7.69. The summed E-state index contributed by atoms with van der Waals surface area (Å²) in [5.41, 5.74) is 1.19. The molecule has 0 spiro atoms. The zero-order valence-corrected chi connectivity index (χ0v) is 11.6. The number of aryl methyl sites for hydroxylation is 1. The molecule has 1 aromatic carbocycles. The minimum Gasteiger partial charge on any atom is -0.493 e. The van der Waals surface area contributed by atoms with Gasteiger partial charge in [-0.25, -0.2) is 0 Å². The van der Waals surface area contributed by atoms with Gasteiger partial charge >= 0.3 is 0 Å². The number of halogens is 1. The first-order chi connectivity index (χ1) is 7.74. The van der Waals surface area contributed by atoms with Crippen molar-refractivity contribution >= 4 is 15.9 Å². The van der Waals surface area contributed by atoms with Crippen LogP contribution in [0.1, 0.15) is 24.8 Å². The van der Waals surface area contributed by atoms with Gasteiger partial charge in [-0.3, -0.25) is 0 Å². The molecular formula is C13H20BrNO. The van der Waals surface area contributed by atoms with Gasteiger partial charge < -0.3 is 10.1 Å². The summed E-state index contributed by atoms with van der Waals surface area (Å²) < 4.78 is 6.82. The van der Waals surface area contributed by atoms with Crippen molar-refractivity contribution in [1.29, 1.82) is 0 Å². The minimum absolute atomic E-state index is 0.807. The molecule has 0 aliphatic heterocycles. The van der Waals surface area contributed by atoms with Crippen molar-refractivity contribution in [1.82, 2.24) is 5.32 Å². The molecule has 0 radical (unpaired) electrons. The molecule has 1 rings (SSSR count). The first-order valence-corrected chi connectivity index (χ1v) is 6.57. The van der Waals surface area contributed by atoms with Crippen LogP contribution in [0.2, 0.25) is 0 Å². The fourth-order valence-electron chi connectivity index (χ4n) is 1.49. The second-order valence-electron chi connectivity index (χ2n) is 3.92. The first-order valence-electron chi connectivity index (χ1n) is 5.77. The Morgan fingerprint density at radius 1 is 1.25 bits per heavy atom. The van der Waals surface area contributed by atoms with Gasteiger partial charge in [-0.2, -0.15) is 0 Å². The molecule has 0 bridgehead atoms. The van der Waals surface area contributed by atoms with Crippen LogP contribution in [0.4, 0.5) is 0 Å². The molecule has 16 heavy (non-hydrogen) atoms. The van der Waals surface area contributed by atoms with Crippen molar-refractivity contribution in [3.63, 3.8) is 0 Å². The fourth-order valence-corrected chi connectivity index (χ4v) is 1.83. The molecule has 0 heterocycles. The average molecular weight is 286 g/mol. The number of ether oxygens (including phenoxy) is 1. The van der Waals surface area contributed by atoms with Gasteiger partial charge in [-0.15, -0.1) is 0 Å². The van der Waals surface area contributed by atoms with Crippen LogP contribution in [0.25, 0.3) is 0 Å². The molecule has 2 nitrogen and oxygen atoms in total. The van der Waals surface area contributed by atoms with Crippen LogP contribution < -0.4 is 10.1 Å². The molecule has 0 aromatic heterocycles. The van der Waals surface area contributed by atoms with Gasteiger partial charge in [0.1, 0.15) is 5.75 Å². The maximum atomic E-state index is 5.75. The average Bonchev–Trinajstić information content (AvgIpc) is 2.28. The Kier molecular flexibility index (Phi) is 6.50. The van der Waals surface area contributed by atoms with Crippen LogP contribution in [-0.4, -0.2) is 20.2 Å². The number of benzene rings is 1. The molecule has 1 aromatic rings. The van der Waals surface area contributed by atoms with E-state index in [1.54, 1.807) is 0 Å². The van der Waals surface area contributed by atoms with E-state index < -0.39 is 0 Å². The van der Waals surface area contributed by atoms with E-state index in [1.165, 1.54) is 18.4 Å². The number of hydrogen-bond donors (Lipinski definition) is 1. The minimum atomic E-state index is 0.807. The summed E-state index contributed by atoms with van der Waals surface area (Å²) in [6.07, 6.45) is 3.55. The quantitative estimate of drug-likeness (QED) is 0.774. The Bertz CT molecular complexity index is 315. The maximum Gasteiger partial charge on any atom is 0.123 e. The molecule has 0 aliphatic carbocycles. The highest BCUT2D eigenvalue weighted by atomic mass is 79.9. The summed E-state index contributed by atoms with van der Waals surface area (Å²) in [5.74, 6) is 0.989. The third-order valence-electron chi connectivity index (χ3n) is 2.48. The van der Waals surface area contributed by atoms with Crippen LogP contribution in [0.15, 0.2) is 22.7 Å². The van der Waals surface area contributed by atoms with Crippen LogP contribution in [0, 0.1) is 6.92 Å². The Balaban J connectivity index is 2.23. The highest BCUT2D eigenvalue weighted by Crippen LogP contribution is 2.23. The molecule has 0 amide bonds. The van der Waals surface area contributed by atoms with E-state index in [4.69, 9.17) is 4.74 Å². The Morgan fingerprint density at radius 2 is 2.06 bits per heavy atom. The van der Waals surface area contributed by atoms with E-state index >= 15 is 0 Å². The van der Waals surface area contributed by atoms with Crippen molar-refractivity contribution in [2.75, 3.05) is 20.2 Å². The van der Waals surface area contributed by atoms with Gasteiger partial charge in [0.15, 0.2) is 0 Å². The summed E-state index contributed by atoms with van der Waals surface area (Å²) in [5, 5.41) is 3.15. The van der Waals surface area contributed by atoms with E-state index in [-0.39, 0.29) is 0 Å². The predicted molar refractivity (Wildman–Crippen MR) is 72.2 cm³/mol. The number of unbranched alkanes of at least 4 members (excludes halogenated alkanes) is 2. The van der Waals surface area contributed by atoms with Crippen LogP contribution >= 0.6 is 15.9 Å². The molecule has 0 saturated carbocycles. The van der Waals surface area contributed by atoms with Gasteiger partial charge in [0.2, 0.25) is 0 Å². The van der Waals surface area contributed by atoms with E-state index in [0.717, 1.165) is 29.8 Å². The van der Waals surface area contributed by atoms with Gasteiger partial charge in [-0.1, -0.05) is 22.0 Å². The highest BCUT2D eigenvalue weighted by Gasteiger charge is 1.99. The molecule has 0 unspecified atom stereocenters. The van der Waals surface area contributed by atoms with Crippen LogP contribution in [-0.2, 0) is 0 Å². The Labute approximate surface area is 107 Å². The monoisotopic (exact) mass is 285 g/mol. The summed E-state index contributed by atoms with van der Waals surface area (Å²) in [7, 11) is 1.99. The first kappa shape index (κ1) is 13.5. The van der Waals surface area contributed by atoms with Crippen molar-refractivity contribution in [2.24, 2.45) is 0 Å².